The summed E-state index contributed by atoms with van der Waals surface area (Å²) in [7, 11) is -1.78. The Morgan fingerprint density at radius 2 is 2.00 bits per heavy atom. The van der Waals surface area contributed by atoms with E-state index < -0.39 is 8.32 Å². The summed E-state index contributed by atoms with van der Waals surface area (Å²) in [6.45, 7) is 13.5. The molecular weight excluding hydrogens is 292 g/mol. The highest BCUT2D eigenvalue weighted by Crippen LogP contribution is 2.37. The zero-order valence-corrected chi connectivity index (χ0v) is 14.9. The van der Waals surface area contributed by atoms with Gasteiger partial charge in [-0.3, -0.25) is 0 Å². The molecule has 1 aromatic rings. The fourth-order valence-corrected chi connectivity index (χ4v) is 3.11. The number of pyridine rings is 1. The van der Waals surface area contributed by atoms with E-state index in [0.717, 1.165) is 0 Å². The minimum absolute atomic E-state index is 0.00805. The third-order valence-corrected chi connectivity index (χ3v) is 8.46. The normalized spacial score (nSPS) is 14.2. The largest absolute Gasteiger partial charge is 0.474 e. The molecule has 0 aliphatic rings. The lowest BCUT2D eigenvalue weighted by molar-refractivity contribution is 0.126. The smallest absolute Gasteiger partial charge is 0.232 e. The van der Waals surface area contributed by atoms with Crippen LogP contribution in [0.2, 0.25) is 23.2 Å². The number of aromatic nitrogens is 1. The minimum Gasteiger partial charge on any atom is -0.474 e. The third-order valence-electron chi connectivity index (χ3n) is 3.59. The van der Waals surface area contributed by atoms with E-state index in [-0.39, 0.29) is 11.1 Å². The van der Waals surface area contributed by atoms with Crippen LogP contribution in [0.25, 0.3) is 0 Å². The Morgan fingerprint density at radius 1 is 1.40 bits per heavy atom. The molecule has 0 aromatic carbocycles. The summed E-state index contributed by atoms with van der Waals surface area (Å²) in [6, 6.07) is 1.63. The molecular formula is C14H25ClN2O2Si. The number of rotatable bonds is 5. The van der Waals surface area contributed by atoms with Crippen LogP contribution in [-0.2, 0) is 4.43 Å². The molecule has 6 heteroatoms. The lowest BCUT2D eigenvalue weighted by Gasteiger charge is -2.38. The maximum Gasteiger partial charge on any atom is 0.232 e. The topological polar surface area (TPSA) is 57.4 Å². The highest BCUT2D eigenvalue weighted by molar-refractivity contribution is 6.74. The van der Waals surface area contributed by atoms with Crippen molar-refractivity contribution in [2.24, 2.45) is 0 Å². The summed E-state index contributed by atoms with van der Waals surface area (Å²) < 4.78 is 11.8. The number of halogens is 1. The van der Waals surface area contributed by atoms with Crippen LogP contribution in [-0.4, -0.2) is 26.0 Å². The van der Waals surface area contributed by atoms with Crippen LogP contribution >= 0.6 is 11.6 Å². The second-order valence-corrected chi connectivity index (χ2v) is 11.7. The van der Waals surface area contributed by atoms with E-state index >= 15 is 0 Å². The van der Waals surface area contributed by atoms with E-state index in [1.807, 2.05) is 6.92 Å². The maximum absolute atomic E-state index is 6.21. The summed E-state index contributed by atoms with van der Waals surface area (Å²) in [5, 5.41) is 0.600. The van der Waals surface area contributed by atoms with Crippen LogP contribution in [0.5, 0.6) is 5.88 Å². The number of hydrogen-bond donors (Lipinski definition) is 1. The van der Waals surface area contributed by atoms with Gasteiger partial charge >= 0.3 is 0 Å². The average molecular weight is 317 g/mol. The third kappa shape index (κ3) is 4.65. The van der Waals surface area contributed by atoms with Gasteiger partial charge in [0.1, 0.15) is 11.6 Å². The van der Waals surface area contributed by atoms with E-state index in [1.165, 1.54) is 6.20 Å². The molecule has 0 bridgehead atoms. The van der Waals surface area contributed by atoms with Crippen LogP contribution < -0.4 is 10.5 Å². The van der Waals surface area contributed by atoms with Crippen LogP contribution in [0.15, 0.2) is 12.3 Å². The first-order valence-corrected chi connectivity index (χ1v) is 10.0. The number of ether oxygens (including phenoxy) is 1. The van der Waals surface area contributed by atoms with Gasteiger partial charge in [-0.2, -0.15) is 0 Å². The predicted molar refractivity (Wildman–Crippen MR) is 86.9 cm³/mol. The van der Waals surface area contributed by atoms with Gasteiger partial charge in [-0.25, -0.2) is 4.98 Å². The molecule has 1 aromatic heterocycles. The van der Waals surface area contributed by atoms with Gasteiger partial charge in [-0.1, -0.05) is 32.4 Å². The van der Waals surface area contributed by atoms with E-state index in [0.29, 0.717) is 23.2 Å². The lowest BCUT2D eigenvalue weighted by Crippen LogP contribution is -2.44. The molecule has 0 amide bonds. The van der Waals surface area contributed by atoms with Gasteiger partial charge in [0.05, 0.1) is 18.0 Å². The lowest BCUT2D eigenvalue weighted by atomic mass is 10.2. The van der Waals surface area contributed by atoms with Crippen molar-refractivity contribution < 1.29 is 9.16 Å². The van der Waals surface area contributed by atoms with Gasteiger partial charge in [0.25, 0.3) is 0 Å². The molecule has 0 spiro atoms. The Hall–Kier alpha value is -0.783. The van der Waals surface area contributed by atoms with Gasteiger partial charge in [-0.05, 0) is 31.1 Å². The number of anilines is 1. The zero-order chi connectivity index (χ0) is 15.6. The number of nitrogen functional groups attached to an aromatic ring is 1. The van der Waals surface area contributed by atoms with Gasteiger partial charge in [0.15, 0.2) is 8.32 Å². The quantitative estimate of drug-likeness (QED) is 0.831. The number of nitrogens with two attached hydrogens (primary N) is 1. The molecule has 1 heterocycles. The molecule has 1 rings (SSSR count). The Labute approximate surface area is 127 Å². The number of nitrogens with zero attached hydrogens (tertiary/aromatic N) is 1. The molecule has 0 unspecified atom stereocenters. The van der Waals surface area contributed by atoms with Crippen LogP contribution in [0, 0.1) is 0 Å². The fraction of sp³-hybridized carbons (Fsp3) is 0.643. The Balaban J connectivity index is 2.58. The summed E-state index contributed by atoms with van der Waals surface area (Å²) in [4.78, 5) is 4.07. The standard InChI is InChI=1S/C14H25ClN2O2Si/c1-10(19-20(5,6)14(2,3)4)9-18-13-12(15)7-11(16)8-17-13/h7-8,10H,9,16H2,1-6H3/t10-/m0/s1. The molecule has 0 fully saturated rings. The maximum atomic E-state index is 6.21. The highest BCUT2D eigenvalue weighted by atomic mass is 35.5. The van der Waals surface area contributed by atoms with Crippen molar-refractivity contribution >= 4 is 25.6 Å². The second kappa shape index (κ2) is 6.33. The monoisotopic (exact) mass is 316 g/mol. The first-order chi connectivity index (χ1) is 9.03. The van der Waals surface area contributed by atoms with E-state index in [4.69, 9.17) is 26.5 Å². The SMILES string of the molecule is C[C@@H](COc1ncc(N)cc1Cl)O[Si](C)(C)C(C)(C)C. The van der Waals surface area contributed by atoms with Crippen molar-refractivity contribution in [3.8, 4) is 5.88 Å². The first-order valence-electron chi connectivity index (χ1n) is 6.74. The van der Waals surface area contributed by atoms with Gasteiger partial charge in [-0.15, -0.1) is 0 Å². The van der Waals surface area contributed by atoms with Crippen molar-refractivity contribution in [3.63, 3.8) is 0 Å². The molecule has 0 aliphatic heterocycles. The first kappa shape index (κ1) is 17.3. The van der Waals surface area contributed by atoms with Crippen LogP contribution in [0.3, 0.4) is 0 Å². The van der Waals surface area contributed by atoms with Crippen molar-refractivity contribution in [3.05, 3.63) is 17.3 Å². The molecule has 0 radical (unpaired) electrons. The average Bonchev–Trinajstić information content (AvgIpc) is 2.25. The summed E-state index contributed by atoms with van der Waals surface area (Å²) in [6.07, 6.45) is 1.52. The van der Waals surface area contributed by atoms with Gasteiger partial charge in [0, 0.05) is 0 Å². The Kier molecular flexibility index (Phi) is 5.46. The molecule has 0 aliphatic carbocycles. The highest BCUT2D eigenvalue weighted by Gasteiger charge is 2.38. The number of hydrogen-bond acceptors (Lipinski definition) is 4. The Morgan fingerprint density at radius 3 is 2.50 bits per heavy atom. The van der Waals surface area contributed by atoms with Crippen LogP contribution in [0.1, 0.15) is 27.7 Å². The van der Waals surface area contributed by atoms with Crippen molar-refractivity contribution in [1.82, 2.24) is 4.98 Å². The van der Waals surface area contributed by atoms with Crippen molar-refractivity contribution in [2.45, 2.75) is 51.9 Å². The zero-order valence-electron chi connectivity index (χ0n) is 13.2. The Bertz CT molecular complexity index is 461. The molecule has 114 valence electrons. The van der Waals surface area contributed by atoms with E-state index in [2.05, 4.69) is 38.8 Å². The summed E-state index contributed by atoms with van der Waals surface area (Å²) >= 11 is 6.02. The molecule has 2 N–H and O–H groups in total. The van der Waals surface area contributed by atoms with Gasteiger partial charge < -0.3 is 14.9 Å². The fourth-order valence-electron chi connectivity index (χ4n) is 1.46. The molecule has 4 nitrogen and oxygen atoms in total. The van der Waals surface area contributed by atoms with E-state index in [9.17, 15) is 0 Å². The summed E-state index contributed by atoms with van der Waals surface area (Å²) in [5.74, 6) is 0.395. The van der Waals surface area contributed by atoms with Crippen molar-refractivity contribution in [2.75, 3.05) is 12.3 Å². The molecule has 20 heavy (non-hydrogen) atoms. The summed E-state index contributed by atoms with van der Waals surface area (Å²) in [5.41, 5.74) is 6.11. The minimum atomic E-state index is -1.78. The molecule has 0 saturated heterocycles. The van der Waals surface area contributed by atoms with Crippen molar-refractivity contribution in [1.29, 1.82) is 0 Å². The predicted octanol–water partition coefficient (Wildman–Crippen LogP) is 4.11. The van der Waals surface area contributed by atoms with Crippen LogP contribution in [0.4, 0.5) is 5.69 Å². The molecule has 0 saturated carbocycles. The second-order valence-electron chi connectivity index (χ2n) is 6.56. The molecule has 1 atom stereocenters. The van der Waals surface area contributed by atoms with Gasteiger partial charge in [0.2, 0.25) is 5.88 Å². The van der Waals surface area contributed by atoms with E-state index in [1.54, 1.807) is 6.07 Å².